The zero-order valence-corrected chi connectivity index (χ0v) is 26.9. The minimum atomic E-state index is -0.985. The number of methoxy groups -OCH3 is 1. The number of rotatable bonds is 11. The highest BCUT2D eigenvalue weighted by Crippen LogP contribution is 2.38. The quantitative estimate of drug-likeness (QED) is 0.191. The van der Waals surface area contributed by atoms with Gasteiger partial charge in [0, 0.05) is 43.0 Å². The number of hydrogen-bond acceptors (Lipinski definition) is 9. The van der Waals surface area contributed by atoms with Crippen LogP contribution in [0.15, 0.2) is 76.4 Å². The van der Waals surface area contributed by atoms with E-state index < -0.39 is 34.5 Å². The van der Waals surface area contributed by atoms with E-state index >= 15 is 4.39 Å². The number of carbonyl (C=O) groups excluding carboxylic acids is 1. The number of carbonyl (C=O) groups is 1. The van der Waals surface area contributed by atoms with Crippen LogP contribution in [0.1, 0.15) is 36.2 Å². The first-order chi connectivity index (χ1) is 23.7. The summed E-state index contributed by atoms with van der Waals surface area (Å²) in [6.07, 6.45) is 6.18. The monoisotopic (exact) mass is 672 g/mol. The first kappa shape index (κ1) is 33.3. The number of anilines is 1. The van der Waals surface area contributed by atoms with Gasteiger partial charge in [0.05, 0.1) is 24.9 Å². The number of amides is 1. The largest absolute Gasteiger partial charge is 0.493 e. The molecule has 0 aliphatic carbocycles. The Bertz CT molecular complexity index is 2110. The van der Waals surface area contributed by atoms with Crippen LogP contribution >= 0.6 is 0 Å². The molecule has 49 heavy (non-hydrogen) atoms. The minimum absolute atomic E-state index is 0.00145. The second-order valence-electron chi connectivity index (χ2n) is 11.5. The zero-order valence-electron chi connectivity index (χ0n) is 26.9. The molecular weight excluding hydrogens is 638 g/mol. The molecule has 0 spiro atoms. The number of pyridine rings is 1. The molecule has 0 unspecified atom stereocenters. The van der Waals surface area contributed by atoms with Gasteiger partial charge in [-0.2, -0.15) is 9.78 Å². The van der Waals surface area contributed by atoms with Crippen LogP contribution in [0, 0.1) is 11.6 Å². The van der Waals surface area contributed by atoms with Crippen LogP contribution in [0.2, 0.25) is 0 Å². The maximum atomic E-state index is 15.3. The second kappa shape index (κ2) is 14.6. The Labute approximate surface area is 279 Å². The van der Waals surface area contributed by atoms with Crippen LogP contribution in [-0.2, 0) is 7.05 Å². The molecule has 1 saturated heterocycles. The molecule has 1 fully saturated rings. The lowest BCUT2D eigenvalue weighted by Crippen LogP contribution is -2.43. The summed E-state index contributed by atoms with van der Waals surface area (Å²) in [7, 11) is 2.71. The van der Waals surface area contributed by atoms with Crippen LogP contribution in [-0.4, -0.2) is 63.5 Å². The van der Waals surface area contributed by atoms with Crippen molar-refractivity contribution in [3.05, 3.63) is 105 Å². The van der Waals surface area contributed by atoms with Crippen LogP contribution in [0.3, 0.4) is 0 Å². The molecule has 3 aromatic carbocycles. The molecule has 0 atom stereocenters. The van der Waals surface area contributed by atoms with Crippen molar-refractivity contribution >= 4 is 22.5 Å². The molecule has 2 aromatic heterocycles. The lowest BCUT2D eigenvalue weighted by molar-refractivity contribution is 0.101. The van der Waals surface area contributed by atoms with Crippen molar-refractivity contribution in [2.75, 3.05) is 38.7 Å². The summed E-state index contributed by atoms with van der Waals surface area (Å²) in [5.41, 5.74) is -1.74. The third-order valence-electron chi connectivity index (χ3n) is 8.18. The first-order valence-corrected chi connectivity index (χ1v) is 15.8. The van der Waals surface area contributed by atoms with E-state index in [1.807, 2.05) is 0 Å². The summed E-state index contributed by atoms with van der Waals surface area (Å²) in [5, 5.41) is 6.90. The summed E-state index contributed by atoms with van der Waals surface area (Å²) < 4.78 is 47.8. The number of aromatic nitrogens is 4. The van der Waals surface area contributed by atoms with Gasteiger partial charge >= 0.3 is 5.69 Å². The van der Waals surface area contributed by atoms with E-state index in [1.165, 1.54) is 63.9 Å². The van der Waals surface area contributed by atoms with Crippen molar-refractivity contribution in [2.24, 2.45) is 7.05 Å². The highest BCUT2D eigenvalue weighted by Gasteiger charge is 2.20. The molecule has 6 rings (SSSR count). The van der Waals surface area contributed by atoms with E-state index in [0.717, 1.165) is 48.9 Å². The smallest absolute Gasteiger partial charge is 0.351 e. The van der Waals surface area contributed by atoms with E-state index in [4.69, 9.17) is 14.2 Å². The van der Waals surface area contributed by atoms with Crippen LogP contribution in [0.25, 0.3) is 16.6 Å². The number of halogens is 2. The third kappa shape index (κ3) is 7.44. The van der Waals surface area contributed by atoms with E-state index in [1.54, 1.807) is 18.2 Å². The summed E-state index contributed by atoms with van der Waals surface area (Å²) in [6, 6.07) is 13.6. The molecule has 3 heterocycles. The van der Waals surface area contributed by atoms with Crippen molar-refractivity contribution in [3.8, 4) is 28.7 Å². The fraction of sp³-hybridized carbons (Fsp3) is 0.286. The fourth-order valence-electron chi connectivity index (χ4n) is 5.58. The number of nitrogens with one attached hydrogen (secondary N) is 1. The molecule has 0 radical (unpaired) electrons. The SMILES string of the molecule is COc1cc2c(Oc3ccc(NC(=O)c4nn(-c5ccc(F)cc5)c(=O)n(C)c4=O)cc3F)ccnc2cc1OCCCN1CCCCC1. The number of fused-ring (bicyclic) bond motifs is 1. The second-order valence-corrected chi connectivity index (χ2v) is 11.5. The zero-order chi connectivity index (χ0) is 34.5. The number of benzene rings is 3. The van der Waals surface area contributed by atoms with Crippen molar-refractivity contribution < 1.29 is 27.8 Å². The first-order valence-electron chi connectivity index (χ1n) is 15.8. The Morgan fingerprint density at radius 2 is 1.69 bits per heavy atom. The Balaban J connectivity index is 1.17. The molecule has 1 aliphatic heterocycles. The number of hydrogen-bond donors (Lipinski definition) is 1. The van der Waals surface area contributed by atoms with Gasteiger partial charge in [-0.3, -0.25) is 19.1 Å². The average molecular weight is 673 g/mol. The number of piperidine rings is 1. The highest BCUT2D eigenvalue weighted by atomic mass is 19.1. The molecule has 1 amide bonds. The van der Waals surface area contributed by atoms with Gasteiger partial charge in [0.25, 0.3) is 11.5 Å². The van der Waals surface area contributed by atoms with E-state index in [-0.39, 0.29) is 17.1 Å². The molecule has 1 aliphatic rings. The predicted octanol–water partition coefficient (Wildman–Crippen LogP) is 5.07. The topological polar surface area (TPSA) is 130 Å². The van der Waals surface area contributed by atoms with Gasteiger partial charge in [0.1, 0.15) is 11.6 Å². The minimum Gasteiger partial charge on any atom is -0.493 e. The van der Waals surface area contributed by atoms with E-state index in [9.17, 15) is 18.8 Å². The van der Waals surface area contributed by atoms with Crippen LogP contribution in [0.4, 0.5) is 14.5 Å². The molecule has 12 nitrogen and oxygen atoms in total. The van der Waals surface area contributed by atoms with Gasteiger partial charge in [-0.1, -0.05) is 6.42 Å². The normalized spacial score (nSPS) is 13.3. The third-order valence-corrected chi connectivity index (χ3v) is 8.18. The van der Waals surface area contributed by atoms with E-state index in [0.29, 0.717) is 39.3 Å². The van der Waals surface area contributed by atoms with Crippen molar-refractivity contribution in [1.29, 1.82) is 0 Å². The van der Waals surface area contributed by atoms with Gasteiger partial charge in [-0.25, -0.2) is 13.6 Å². The van der Waals surface area contributed by atoms with Gasteiger partial charge in [-0.05, 0) is 80.9 Å². The summed E-state index contributed by atoms with van der Waals surface area (Å²) in [4.78, 5) is 45.3. The van der Waals surface area contributed by atoms with Crippen molar-refractivity contribution in [3.63, 3.8) is 0 Å². The van der Waals surface area contributed by atoms with Gasteiger partial charge in [0.2, 0.25) is 5.69 Å². The summed E-state index contributed by atoms with van der Waals surface area (Å²) >= 11 is 0. The predicted molar refractivity (Wildman–Crippen MR) is 178 cm³/mol. The van der Waals surface area contributed by atoms with Gasteiger partial charge in [-0.15, -0.1) is 0 Å². The maximum absolute atomic E-state index is 15.3. The molecule has 254 valence electrons. The van der Waals surface area contributed by atoms with E-state index in [2.05, 4.69) is 20.3 Å². The Kier molecular flexibility index (Phi) is 9.95. The maximum Gasteiger partial charge on any atom is 0.351 e. The highest BCUT2D eigenvalue weighted by molar-refractivity contribution is 6.02. The Hall–Kier alpha value is -5.63. The summed E-state index contributed by atoms with van der Waals surface area (Å²) in [5.74, 6) is -1.14. The number of nitrogens with zero attached hydrogens (tertiary/aromatic N) is 5. The van der Waals surface area contributed by atoms with Crippen molar-refractivity contribution in [2.45, 2.75) is 25.7 Å². The lowest BCUT2D eigenvalue weighted by Gasteiger charge is -2.26. The molecule has 14 heteroatoms. The molecule has 0 bridgehead atoms. The van der Waals surface area contributed by atoms with Crippen LogP contribution < -0.4 is 30.8 Å². The molecular formula is C35H34F2N6O6. The van der Waals surface area contributed by atoms with Gasteiger partial charge in [0.15, 0.2) is 23.1 Å². The number of likely N-dealkylation sites (tertiary alicyclic amines) is 1. The Morgan fingerprint density at radius 1 is 0.918 bits per heavy atom. The van der Waals surface area contributed by atoms with Crippen LogP contribution in [0.5, 0.6) is 23.0 Å². The lowest BCUT2D eigenvalue weighted by atomic mass is 10.1. The molecule has 1 N–H and O–H groups in total. The average Bonchev–Trinajstić information content (AvgIpc) is 3.11. The van der Waals surface area contributed by atoms with Gasteiger partial charge < -0.3 is 24.4 Å². The number of ether oxygens (including phenoxy) is 3. The summed E-state index contributed by atoms with van der Waals surface area (Å²) in [6.45, 7) is 3.74. The standard InChI is InChI=1S/C35H34F2N6O6/c1-41-34(45)32(40-43(35(41)46)24-10-7-22(36)8-11-24)33(44)39-23-9-12-29(26(37)19-23)49-28-13-14-38-27-21-31(30(47-2)20-25(27)28)48-18-6-17-42-15-4-3-5-16-42/h7-14,19-21H,3-6,15-18H2,1-2H3,(H,39,44). The molecule has 5 aromatic rings. The Morgan fingerprint density at radius 3 is 2.43 bits per heavy atom. The fourth-order valence-corrected chi connectivity index (χ4v) is 5.58. The molecule has 0 saturated carbocycles. The van der Waals surface area contributed by atoms with Crippen molar-refractivity contribution in [1.82, 2.24) is 24.2 Å².